The quantitative estimate of drug-likeness (QED) is 0.827. The highest BCUT2D eigenvalue weighted by molar-refractivity contribution is 5.79. The zero-order chi connectivity index (χ0) is 16.7. The lowest BCUT2D eigenvalue weighted by Crippen LogP contribution is -2.45. The largest absolute Gasteiger partial charge is 0.497 e. The van der Waals surface area contributed by atoms with Gasteiger partial charge in [0.2, 0.25) is 5.91 Å². The highest BCUT2D eigenvalue weighted by Crippen LogP contribution is 2.18. The molecule has 126 valence electrons. The Balaban J connectivity index is 2.02. The van der Waals surface area contributed by atoms with Gasteiger partial charge in [-0.1, -0.05) is 12.1 Å². The second-order valence-corrected chi connectivity index (χ2v) is 5.60. The molecule has 2 rings (SSSR count). The lowest BCUT2D eigenvalue weighted by atomic mass is 10.0. The van der Waals surface area contributed by atoms with Gasteiger partial charge in [-0.3, -0.25) is 9.59 Å². The van der Waals surface area contributed by atoms with Gasteiger partial charge in [-0.05, 0) is 30.5 Å². The van der Waals surface area contributed by atoms with Gasteiger partial charge in [-0.25, -0.2) is 0 Å². The summed E-state index contributed by atoms with van der Waals surface area (Å²) in [6.45, 7) is 1.48. The van der Waals surface area contributed by atoms with Gasteiger partial charge >= 0.3 is 5.97 Å². The van der Waals surface area contributed by atoms with Crippen molar-refractivity contribution in [3.05, 3.63) is 29.8 Å². The van der Waals surface area contributed by atoms with Crippen molar-refractivity contribution in [2.75, 3.05) is 26.9 Å². The molecule has 0 unspecified atom stereocenters. The Morgan fingerprint density at radius 2 is 1.91 bits per heavy atom. The summed E-state index contributed by atoms with van der Waals surface area (Å²) in [6.07, 6.45) is 1.74. The smallest absolute Gasteiger partial charge is 0.305 e. The first-order valence-electron chi connectivity index (χ1n) is 7.82. The van der Waals surface area contributed by atoms with E-state index in [1.165, 1.54) is 0 Å². The van der Waals surface area contributed by atoms with Crippen molar-refractivity contribution in [3.8, 4) is 5.75 Å². The number of aliphatic carboxylic acids is 1. The molecular weight excluding hydrogens is 298 g/mol. The summed E-state index contributed by atoms with van der Waals surface area (Å²) in [5.74, 6) is -0.184. The number of carboxylic acid groups (broad SMARTS) is 1. The summed E-state index contributed by atoms with van der Waals surface area (Å²) in [5, 5.41) is 8.91. The number of hydrogen-bond donors (Lipinski definition) is 1. The van der Waals surface area contributed by atoms with Crippen LogP contribution in [-0.4, -0.2) is 54.8 Å². The van der Waals surface area contributed by atoms with Crippen molar-refractivity contribution in [1.82, 2.24) is 4.90 Å². The van der Waals surface area contributed by atoms with Crippen LogP contribution in [0, 0.1) is 0 Å². The van der Waals surface area contributed by atoms with Crippen LogP contribution < -0.4 is 4.74 Å². The van der Waals surface area contributed by atoms with E-state index in [0.29, 0.717) is 13.2 Å². The Morgan fingerprint density at radius 3 is 2.48 bits per heavy atom. The fourth-order valence-electron chi connectivity index (χ4n) is 2.74. The molecule has 0 atom stereocenters. The van der Waals surface area contributed by atoms with E-state index in [-0.39, 0.29) is 31.3 Å². The molecule has 1 aliphatic heterocycles. The van der Waals surface area contributed by atoms with Gasteiger partial charge < -0.3 is 19.5 Å². The Kier molecular flexibility index (Phi) is 6.40. The van der Waals surface area contributed by atoms with E-state index >= 15 is 0 Å². The molecule has 0 spiro atoms. The molecule has 1 aromatic rings. The monoisotopic (exact) mass is 321 g/mol. The molecule has 0 bridgehead atoms. The molecule has 23 heavy (non-hydrogen) atoms. The Hall–Kier alpha value is -2.08. The van der Waals surface area contributed by atoms with Crippen molar-refractivity contribution in [3.63, 3.8) is 0 Å². The third-order valence-electron chi connectivity index (χ3n) is 4.03. The van der Waals surface area contributed by atoms with E-state index < -0.39 is 5.97 Å². The van der Waals surface area contributed by atoms with E-state index in [0.717, 1.165) is 24.2 Å². The average Bonchev–Trinajstić information content (AvgIpc) is 2.56. The fraction of sp³-hybridized carbons (Fsp3) is 0.529. The molecule has 6 heteroatoms. The van der Waals surface area contributed by atoms with Crippen molar-refractivity contribution < 1.29 is 24.2 Å². The highest BCUT2D eigenvalue weighted by Gasteiger charge is 2.26. The van der Waals surface area contributed by atoms with Crippen LogP contribution in [0.5, 0.6) is 5.75 Å². The number of carbonyl (C=O) groups is 2. The molecular formula is C17H23NO5. The van der Waals surface area contributed by atoms with Gasteiger partial charge in [-0.15, -0.1) is 0 Å². The third-order valence-corrected chi connectivity index (χ3v) is 4.03. The van der Waals surface area contributed by atoms with Gasteiger partial charge in [0, 0.05) is 25.8 Å². The first-order chi connectivity index (χ1) is 11.1. The minimum absolute atomic E-state index is 0.0360. The zero-order valence-electron chi connectivity index (χ0n) is 13.4. The summed E-state index contributed by atoms with van der Waals surface area (Å²) in [5.41, 5.74) is 0.892. The number of carbonyl (C=O) groups excluding carboxylic acids is 1. The summed E-state index contributed by atoms with van der Waals surface area (Å²) in [7, 11) is 1.60. The molecule has 1 N–H and O–H groups in total. The number of carboxylic acids is 1. The molecule has 6 nitrogen and oxygen atoms in total. The predicted molar refractivity (Wildman–Crippen MR) is 84.5 cm³/mol. The molecule has 1 fully saturated rings. The number of benzene rings is 1. The second kappa shape index (κ2) is 8.53. The normalized spacial score (nSPS) is 15.2. The molecule has 0 radical (unpaired) electrons. The SMILES string of the molecule is COc1ccc(CC(=O)N(CCC(=O)O)C2CCOCC2)cc1. The van der Waals surface area contributed by atoms with Crippen molar-refractivity contribution >= 4 is 11.9 Å². The first-order valence-corrected chi connectivity index (χ1v) is 7.82. The fourth-order valence-corrected chi connectivity index (χ4v) is 2.74. The van der Waals surface area contributed by atoms with Crippen molar-refractivity contribution in [2.24, 2.45) is 0 Å². The van der Waals surface area contributed by atoms with Gasteiger partial charge in [0.05, 0.1) is 20.0 Å². The second-order valence-electron chi connectivity index (χ2n) is 5.60. The van der Waals surface area contributed by atoms with E-state index in [2.05, 4.69) is 0 Å². The first kappa shape index (κ1) is 17.3. The van der Waals surface area contributed by atoms with Gasteiger partial charge in [0.25, 0.3) is 0 Å². The van der Waals surface area contributed by atoms with Crippen LogP contribution in [0.15, 0.2) is 24.3 Å². The minimum Gasteiger partial charge on any atom is -0.497 e. The average molecular weight is 321 g/mol. The maximum atomic E-state index is 12.6. The van der Waals surface area contributed by atoms with E-state index in [9.17, 15) is 9.59 Å². The highest BCUT2D eigenvalue weighted by atomic mass is 16.5. The van der Waals surface area contributed by atoms with Gasteiger partial charge in [0.1, 0.15) is 5.75 Å². The maximum Gasteiger partial charge on any atom is 0.305 e. The standard InChI is InChI=1S/C17H23NO5/c1-22-15-4-2-13(3-5-15)12-16(19)18(9-6-17(20)21)14-7-10-23-11-8-14/h2-5,14H,6-12H2,1H3,(H,20,21). The van der Waals surface area contributed by atoms with Crippen LogP contribution in [0.1, 0.15) is 24.8 Å². The summed E-state index contributed by atoms with van der Waals surface area (Å²) < 4.78 is 10.4. The minimum atomic E-state index is -0.890. The molecule has 0 aromatic heterocycles. The third kappa shape index (κ3) is 5.25. The summed E-state index contributed by atoms with van der Waals surface area (Å²) >= 11 is 0. The maximum absolute atomic E-state index is 12.6. The summed E-state index contributed by atoms with van der Waals surface area (Å²) in [4.78, 5) is 25.2. The molecule has 0 aliphatic carbocycles. The lowest BCUT2D eigenvalue weighted by Gasteiger charge is -2.34. The van der Waals surface area contributed by atoms with Crippen LogP contribution >= 0.6 is 0 Å². The van der Waals surface area contributed by atoms with Crippen LogP contribution in [0.2, 0.25) is 0 Å². The van der Waals surface area contributed by atoms with Gasteiger partial charge in [0.15, 0.2) is 0 Å². The van der Waals surface area contributed by atoms with Crippen molar-refractivity contribution in [1.29, 1.82) is 0 Å². The number of methoxy groups -OCH3 is 1. The molecule has 1 aliphatic rings. The van der Waals surface area contributed by atoms with Crippen molar-refractivity contribution in [2.45, 2.75) is 31.7 Å². The van der Waals surface area contributed by atoms with E-state index in [1.54, 1.807) is 12.0 Å². The number of amides is 1. The number of rotatable bonds is 7. The Labute approximate surface area is 136 Å². The number of nitrogens with zero attached hydrogens (tertiary/aromatic N) is 1. The Morgan fingerprint density at radius 1 is 1.26 bits per heavy atom. The zero-order valence-corrected chi connectivity index (χ0v) is 13.4. The molecule has 1 aromatic carbocycles. The van der Waals surface area contributed by atoms with Gasteiger partial charge in [-0.2, -0.15) is 0 Å². The van der Waals surface area contributed by atoms with Crippen LogP contribution in [-0.2, 0) is 20.7 Å². The molecule has 0 saturated carbocycles. The van der Waals surface area contributed by atoms with Crippen LogP contribution in [0.25, 0.3) is 0 Å². The Bertz CT molecular complexity index is 522. The van der Waals surface area contributed by atoms with Crippen LogP contribution in [0.3, 0.4) is 0 Å². The van der Waals surface area contributed by atoms with Crippen LogP contribution in [0.4, 0.5) is 0 Å². The molecule has 1 heterocycles. The summed E-state index contributed by atoms with van der Waals surface area (Å²) in [6, 6.07) is 7.41. The predicted octanol–water partition coefficient (Wildman–Crippen LogP) is 1.72. The lowest BCUT2D eigenvalue weighted by molar-refractivity contribution is -0.140. The van der Waals surface area contributed by atoms with E-state index in [1.807, 2.05) is 24.3 Å². The number of hydrogen-bond acceptors (Lipinski definition) is 4. The topological polar surface area (TPSA) is 76.1 Å². The molecule has 1 amide bonds. The van der Waals surface area contributed by atoms with E-state index in [4.69, 9.17) is 14.6 Å². The number of ether oxygens (including phenoxy) is 2. The molecule has 1 saturated heterocycles.